The summed E-state index contributed by atoms with van der Waals surface area (Å²) < 4.78 is 10.5. The van der Waals surface area contributed by atoms with Crippen molar-refractivity contribution in [2.75, 3.05) is 46.1 Å². The predicted octanol–water partition coefficient (Wildman–Crippen LogP) is -4.33. The Bertz CT molecular complexity index is 1070. The smallest absolute Gasteiger partial charge is 0.246 e. The zero-order valence-corrected chi connectivity index (χ0v) is 26.1. The average Bonchev–Trinajstić information content (AvgIpc) is 2.96. The molecule has 1 rings (SSSR count). The maximum absolute atomic E-state index is 13.0. The van der Waals surface area contributed by atoms with Crippen molar-refractivity contribution in [3.8, 4) is 0 Å². The third kappa shape index (κ3) is 16.9. The van der Waals surface area contributed by atoms with Gasteiger partial charge in [-0.2, -0.15) is 0 Å². The molecular weight excluding hydrogens is 596 g/mol. The van der Waals surface area contributed by atoms with E-state index in [1.165, 1.54) is 13.8 Å². The quantitative estimate of drug-likeness (QED) is 0.143. The SMILES string of the molecule is CC(C)C[C@@H]1NC(=O)[C@H](C)NC(=O)[C@H](CCC(N)=O)NC(=O)COCCOCCNC(=O)CNC(=O)CNC(=O)[C@H](C)NC1=O. The van der Waals surface area contributed by atoms with Crippen LogP contribution in [-0.2, 0) is 47.8 Å². The molecule has 18 nitrogen and oxygen atoms in total. The van der Waals surface area contributed by atoms with Crippen molar-refractivity contribution in [2.45, 2.75) is 71.1 Å². The minimum absolute atomic E-state index is 0.0161. The van der Waals surface area contributed by atoms with Crippen LogP contribution < -0.4 is 43.0 Å². The maximum atomic E-state index is 13.0. The van der Waals surface area contributed by atoms with Gasteiger partial charge >= 0.3 is 0 Å². The highest BCUT2D eigenvalue weighted by molar-refractivity contribution is 5.96. The third-order valence-electron chi connectivity index (χ3n) is 6.22. The average molecular weight is 643 g/mol. The number of amides is 8. The molecule has 8 amide bonds. The van der Waals surface area contributed by atoms with Crippen LogP contribution in [-0.4, -0.2) is 117 Å². The fourth-order valence-corrected chi connectivity index (χ4v) is 3.82. The van der Waals surface area contributed by atoms with Crippen molar-refractivity contribution in [2.24, 2.45) is 11.7 Å². The van der Waals surface area contributed by atoms with Crippen LogP contribution in [0.15, 0.2) is 0 Å². The van der Waals surface area contributed by atoms with Gasteiger partial charge in [-0.25, -0.2) is 0 Å². The van der Waals surface area contributed by atoms with E-state index in [2.05, 4.69) is 37.2 Å². The summed E-state index contributed by atoms with van der Waals surface area (Å²) in [4.78, 5) is 99.1. The van der Waals surface area contributed by atoms with E-state index >= 15 is 0 Å². The highest BCUT2D eigenvalue weighted by Gasteiger charge is 2.29. The molecule has 45 heavy (non-hydrogen) atoms. The second-order valence-electron chi connectivity index (χ2n) is 10.8. The minimum atomic E-state index is -1.22. The first-order valence-corrected chi connectivity index (χ1v) is 14.6. The zero-order chi connectivity index (χ0) is 33.9. The molecule has 0 bridgehead atoms. The van der Waals surface area contributed by atoms with Crippen LogP contribution in [0.2, 0.25) is 0 Å². The van der Waals surface area contributed by atoms with Crippen LogP contribution in [0.3, 0.4) is 0 Å². The van der Waals surface area contributed by atoms with Gasteiger partial charge in [-0.15, -0.1) is 0 Å². The molecule has 0 aromatic carbocycles. The van der Waals surface area contributed by atoms with Crippen LogP contribution in [0.4, 0.5) is 0 Å². The molecule has 0 aromatic heterocycles. The molecule has 1 aliphatic heterocycles. The molecule has 0 aliphatic carbocycles. The number of primary amides is 1. The number of rotatable bonds is 5. The predicted molar refractivity (Wildman–Crippen MR) is 158 cm³/mol. The van der Waals surface area contributed by atoms with Gasteiger partial charge in [0.2, 0.25) is 47.3 Å². The number of nitrogens with two attached hydrogens (primary N) is 1. The van der Waals surface area contributed by atoms with E-state index < -0.39 is 84.6 Å². The van der Waals surface area contributed by atoms with E-state index in [0.29, 0.717) is 0 Å². The second kappa shape index (κ2) is 20.6. The summed E-state index contributed by atoms with van der Waals surface area (Å²) in [5, 5.41) is 17.2. The Balaban J connectivity index is 3.04. The first-order chi connectivity index (χ1) is 21.2. The largest absolute Gasteiger partial charge is 0.377 e. The molecule has 0 aromatic rings. The van der Waals surface area contributed by atoms with Gasteiger partial charge in [0.15, 0.2) is 0 Å². The van der Waals surface area contributed by atoms with Crippen LogP contribution in [0.25, 0.3) is 0 Å². The van der Waals surface area contributed by atoms with E-state index in [1.54, 1.807) is 0 Å². The molecule has 0 spiro atoms. The topological polar surface area (TPSA) is 265 Å². The monoisotopic (exact) mass is 642 g/mol. The molecule has 254 valence electrons. The van der Waals surface area contributed by atoms with Gasteiger partial charge < -0.3 is 52.4 Å². The van der Waals surface area contributed by atoms with Crippen molar-refractivity contribution in [1.82, 2.24) is 37.2 Å². The number of hydrogen-bond donors (Lipinski definition) is 8. The molecule has 0 unspecified atom stereocenters. The number of nitrogens with one attached hydrogen (secondary N) is 7. The molecular formula is C27H46N8O10. The fourth-order valence-electron chi connectivity index (χ4n) is 3.82. The van der Waals surface area contributed by atoms with Gasteiger partial charge in [0.1, 0.15) is 30.8 Å². The lowest BCUT2D eigenvalue weighted by molar-refractivity contribution is -0.135. The van der Waals surface area contributed by atoms with Gasteiger partial charge in [-0.1, -0.05) is 13.8 Å². The highest BCUT2D eigenvalue weighted by Crippen LogP contribution is 2.07. The number of carbonyl (C=O) groups is 8. The summed E-state index contributed by atoms with van der Waals surface area (Å²) >= 11 is 0. The molecule has 1 fully saturated rings. The lowest BCUT2D eigenvalue weighted by Crippen LogP contribution is -2.57. The first-order valence-electron chi connectivity index (χ1n) is 14.6. The fraction of sp³-hybridized carbons (Fsp3) is 0.704. The van der Waals surface area contributed by atoms with Crippen LogP contribution >= 0.6 is 0 Å². The minimum Gasteiger partial charge on any atom is -0.377 e. The summed E-state index contributed by atoms with van der Waals surface area (Å²) in [6.07, 6.45) is -0.175. The van der Waals surface area contributed by atoms with Crippen molar-refractivity contribution >= 4 is 47.3 Å². The van der Waals surface area contributed by atoms with E-state index in [-0.39, 0.29) is 58.1 Å². The molecule has 9 N–H and O–H groups in total. The molecule has 1 heterocycles. The number of ether oxygens (including phenoxy) is 2. The molecule has 18 heteroatoms. The maximum Gasteiger partial charge on any atom is 0.246 e. The van der Waals surface area contributed by atoms with E-state index in [9.17, 15) is 38.4 Å². The van der Waals surface area contributed by atoms with Crippen LogP contribution in [0.5, 0.6) is 0 Å². The second-order valence-corrected chi connectivity index (χ2v) is 10.8. The Morgan fingerprint density at radius 1 is 0.711 bits per heavy atom. The van der Waals surface area contributed by atoms with Crippen LogP contribution in [0.1, 0.15) is 47.0 Å². The summed E-state index contributed by atoms with van der Waals surface area (Å²) in [5.74, 6) is -5.40. The van der Waals surface area contributed by atoms with E-state index in [4.69, 9.17) is 15.2 Å². The highest BCUT2D eigenvalue weighted by atomic mass is 16.5. The summed E-state index contributed by atoms with van der Waals surface area (Å²) in [6.45, 7) is 5.53. The van der Waals surface area contributed by atoms with E-state index in [0.717, 1.165) is 0 Å². The van der Waals surface area contributed by atoms with Crippen molar-refractivity contribution in [1.29, 1.82) is 0 Å². The van der Waals surface area contributed by atoms with Crippen LogP contribution in [0, 0.1) is 5.92 Å². The Labute approximate surface area is 261 Å². The molecule has 0 saturated carbocycles. The van der Waals surface area contributed by atoms with Gasteiger partial charge in [-0.3, -0.25) is 38.4 Å². The Morgan fingerprint density at radius 2 is 1.29 bits per heavy atom. The Kier molecular flexibility index (Phi) is 17.7. The van der Waals surface area contributed by atoms with Crippen molar-refractivity contribution in [3.63, 3.8) is 0 Å². The molecule has 0 radical (unpaired) electrons. The van der Waals surface area contributed by atoms with E-state index in [1.807, 2.05) is 13.8 Å². The third-order valence-corrected chi connectivity index (χ3v) is 6.22. The van der Waals surface area contributed by atoms with Crippen molar-refractivity contribution < 1.29 is 47.8 Å². The summed E-state index contributed by atoms with van der Waals surface area (Å²) in [6, 6.07) is -4.55. The molecule has 1 aliphatic rings. The zero-order valence-electron chi connectivity index (χ0n) is 26.1. The normalized spacial score (nSPS) is 25.0. The molecule has 4 atom stereocenters. The van der Waals surface area contributed by atoms with Gasteiger partial charge in [0.25, 0.3) is 0 Å². The Hall–Kier alpha value is -4.32. The van der Waals surface area contributed by atoms with Gasteiger partial charge in [0.05, 0.1) is 32.9 Å². The lowest BCUT2D eigenvalue weighted by atomic mass is 10.0. The summed E-state index contributed by atoms with van der Waals surface area (Å²) in [7, 11) is 0. The number of carbonyl (C=O) groups excluding carboxylic acids is 8. The van der Waals surface area contributed by atoms with Gasteiger partial charge in [0, 0.05) is 13.0 Å². The number of hydrogen-bond acceptors (Lipinski definition) is 10. The standard InChI is InChI=1S/C27H46N8O10/c1-15(2)11-19-27(43)32-16(3)24(40)31-13-22(38)30-12-21(37)29-7-8-44-9-10-45-14-23(39)34-18(5-6-20(28)36)26(42)33-17(4)25(41)35-19/h15-19H,5-14H2,1-4H3,(H2,28,36)(H,29,37)(H,30,38)(H,31,40)(H,32,43)(H,33,42)(H,34,39)(H,35,41)/t16-,17-,18-,19-/m0/s1. The first kappa shape index (κ1) is 38.7. The lowest BCUT2D eigenvalue weighted by Gasteiger charge is -2.25. The Morgan fingerprint density at radius 3 is 1.93 bits per heavy atom. The summed E-state index contributed by atoms with van der Waals surface area (Å²) in [5.41, 5.74) is 5.21. The van der Waals surface area contributed by atoms with Gasteiger partial charge in [-0.05, 0) is 32.6 Å². The van der Waals surface area contributed by atoms with Crippen molar-refractivity contribution in [3.05, 3.63) is 0 Å². The molecule has 1 saturated heterocycles.